The number of aromatic nitrogens is 1. The molecule has 2 aromatic rings. The number of nitrogens with zero attached hydrogens (tertiary/aromatic N) is 2. The molecule has 1 aliphatic rings. The van der Waals surface area contributed by atoms with Crippen LogP contribution in [0.5, 0.6) is 5.88 Å². The minimum absolute atomic E-state index is 0. The van der Waals surface area contributed by atoms with Crippen LogP contribution in [0.25, 0.3) is 0 Å². The van der Waals surface area contributed by atoms with E-state index in [1.807, 2.05) is 13.8 Å². The number of hydrogen-bond acceptors (Lipinski definition) is 5. The van der Waals surface area contributed by atoms with Gasteiger partial charge in [0.05, 0.1) is 6.04 Å². The summed E-state index contributed by atoms with van der Waals surface area (Å²) in [7, 11) is 1.71. The van der Waals surface area contributed by atoms with Crippen molar-refractivity contribution in [2.24, 2.45) is 0 Å². The molecule has 0 spiro atoms. The molecule has 7 nitrogen and oxygen atoms in total. The van der Waals surface area contributed by atoms with Crippen molar-refractivity contribution in [1.82, 2.24) is 10.3 Å². The van der Waals surface area contributed by atoms with Crippen LogP contribution in [0.1, 0.15) is 33.6 Å². The van der Waals surface area contributed by atoms with Gasteiger partial charge in [-0.2, -0.15) is 4.98 Å². The molecule has 9 heteroatoms. The first kappa shape index (κ1) is 23.9. The van der Waals surface area contributed by atoms with E-state index in [0.29, 0.717) is 40.9 Å². The molecular formula is C21H26Cl2N4O3. The van der Waals surface area contributed by atoms with Crippen molar-refractivity contribution in [2.45, 2.75) is 45.3 Å². The highest BCUT2D eigenvalue weighted by Gasteiger charge is 2.47. The maximum absolute atomic E-state index is 13.4. The van der Waals surface area contributed by atoms with E-state index in [1.165, 1.54) is 0 Å². The lowest BCUT2D eigenvalue weighted by Crippen LogP contribution is -2.54. The van der Waals surface area contributed by atoms with Crippen molar-refractivity contribution in [3.8, 4) is 5.88 Å². The predicted molar refractivity (Wildman–Crippen MR) is 121 cm³/mol. The standard InChI is InChI=1S/C21H25ClN4O3.ClH/c1-5-21(6-2)20(28)26(15-9-7-14(22)8-10-15)16-11-12-17(25-19(16)29-21)24-18(27)13(3)23-4;/h7-13,23H,5-6H2,1-4H3,(H,24,25,27);1H. The third-order valence-corrected chi connectivity index (χ3v) is 5.52. The Kier molecular flexibility index (Phi) is 7.69. The van der Waals surface area contributed by atoms with Gasteiger partial charge in [-0.15, -0.1) is 12.4 Å². The number of amides is 2. The first-order valence-electron chi connectivity index (χ1n) is 9.63. The molecule has 30 heavy (non-hydrogen) atoms. The SMILES string of the molecule is CCC1(CC)Oc2nc(NC(=O)C(C)NC)ccc2N(c2ccc(Cl)cc2)C1=O.Cl. The predicted octanol–water partition coefficient (Wildman–Crippen LogP) is 4.32. The van der Waals surface area contributed by atoms with Crippen LogP contribution in [0.15, 0.2) is 36.4 Å². The molecule has 0 saturated heterocycles. The average Bonchev–Trinajstić information content (AvgIpc) is 2.73. The first-order chi connectivity index (χ1) is 13.8. The van der Waals surface area contributed by atoms with Gasteiger partial charge in [-0.1, -0.05) is 25.4 Å². The van der Waals surface area contributed by atoms with Crippen molar-refractivity contribution in [3.63, 3.8) is 0 Å². The van der Waals surface area contributed by atoms with Crippen molar-refractivity contribution in [3.05, 3.63) is 41.4 Å². The summed E-state index contributed by atoms with van der Waals surface area (Å²) in [6.07, 6.45) is 0.974. The molecule has 1 aliphatic heterocycles. The van der Waals surface area contributed by atoms with Crippen LogP contribution in [0.3, 0.4) is 0 Å². The molecule has 0 aliphatic carbocycles. The van der Waals surface area contributed by atoms with E-state index < -0.39 is 5.60 Å². The second-order valence-electron chi connectivity index (χ2n) is 6.94. The first-order valence-corrected chi connectivity index (χ1v) is 10.0. The van der Waals surface area contributed by atoms with E-state index in [-0.39, 0.29) is 30.3 Å². The topological polar surface area (TPSA) is 83.6 Å². The maximum Gasteiger partial charge on any atom is 0.275 e. The van der Waals surface area contributed by atoms with Crippen molar-refractivity contribution >= 4 is 53.0 Å². The van der Waals surface area contributed by atoms with Crippen LogP contribution < -0.4 is 20.3 Å². The zero-order chi connectivity index (χ0) is 21.2. The van der Waals surface area contributed by atoms with Gasteiger partial charge in [0.1, 0.15) is 11.5 Å². The summed E-state index contributed by atoms with van der Waals surface area (Å²) in [4.78, 5) is 31.7. The van der Waals surface area contributed by atoms with Gasteiger partial charge in [0, 0.05) is 10.7 Å². The Morgan fingerprint density at radius 2 is 1.83 bits per heavy atom. The Bertz CT molecular complexity index is 917. The van der Waals surface area contributed by atoms with Crippen LogP contribution in [0.2, 0.25) is 5.02 Å². The lowest BCUT2D eigenvalue weighted by atomic mass is 9.93. The number of benzene rings is 1. The number of ether oxygens (including phenoxy) is 1. The van der Waals surface area contributed by atoms with Gasteiger partial charge in [-0.25, -0.2) is 0 Å². The van der Waals surface area contributed by atoms with Crippen molar-refractivity contribution in [1.29, 1.82) is 0 Å². The third kappa shape index (κ3) is 4.38. The summed E-state index contributed by atoms with van der Waals surface area (Å²) in [5.74, 6) is 0.305. The van der Waals surface area contributed by atoms with E-state index in [4.69, 9.17) is 16.3 Å². The molecule has 162 valence electrons. The quantitative estimate of drug-likeness (QED) is 0.681. The van der Waals surface area contributed by atoms with Gasteiger partial charge in [-0.05, 0) is 63.2 Å². The zero-order valence-electron chi connectivity index (χ0n) is 17.4. The molecule has 3 rings (SSSR count). The molecule has 0 saturated carbocycles. The van der Waals surface area contributed by atoms with Crippen LogP contribution in [-0.2, 0) is 9.59 Å². The lowest BCUT2D eigenvalue weighted by molar-refractivity contribution is -0.135. The second kappa shape index (κ2) is 9.64. The molecule has 0 radical (unpaired) electrons. The van der Waals surface area contributed by atoms with Gasteiger partial charge in [0.15, 0.2) is 5.60 Å². The van der Waals surface area contributed by atoms with E-state index in [9.17, 15) is 9.59 Å². The number of anilines is 3. The summed E-state index contributed by atoms with van der Waals surface area (Å²) in [5, 5.41) is 6.23. The summed E-state index contributed by atoms with van der Waals surface area (Å²) in [6, 6.07) is 10.1. The number of hydrogen-bond donors (Lipinski definition) is 2. The molecule has 2 N–H and O–H groups in total. The zero-order valence-corrected chi connectivity index (χ0v) is 18.9. The fourth-order valence-corrected chi connectivity index (χ4v) is 3.32. The molecule has 1 unspecified atom stereocenters. The molecular weight excluding hydrogens is 427 g/mol. The number of rotatable bonds is 6. The largest absolute Gasteiger partial charge is 0.459 e. The Balaban J connectivity index is 0.00000320. The summed E-state index contributed by atoms with van der Waals surface area (Å²) in [6.45, 7) is 5.57. The second-order valence-corrected chi connectivity index (χ2v) is 7.38. The van der Waals surface area contributed by atoms with Crippen LogP contribution >= 0.6 is 24.0 Å². The summed E-state index contributed by atoms with van der Waals surface area (Å²) >= 11 is 6.02. The van der Waals surface area contributed by atoms with Gasteiger partial charge in [-0.3, -0.25) is 14.5 Å². The van der Waals surface area contributed by atoms with E-state index >= 15 is 0 Å². The minimum Gasteiger partial charge on any atom is -0.459 e. The van der Waals surface area contributed by atoms with Gasteiger partial charge >= 0.3 is 0 Å². The monoisotopic (exact) mass is 452 g/mol. The molecule has 1 aromatic carbocycles. The molecule has 1 atom stereocenters. The maximum atomic E-state index is 13.4. The molecule has 0 bridgehead atoms. The van der Waals surface area contributed by atoms with E-state index in [0.717, 1.165) is 0 Å². The smallest absolute Gasteiger partial charge is 0.275 e. The van der Waals surface area contributed by atoms with Crippen LogP contribution in [0, 0.1) is 0 Å². The highest BCUT2D eigenvalue weighted by atomic mass is 35.5. The minimum atomic E-state index is -1.03. The van der Waals surface area contributed by atoms with Crippen molar-refractivity contribution in [2.75, 3.05) is 17.3 Å². The number of pyridine rings is 1. The van der Waals surface area contributed by atoms with Crippen LogP contribution in [-0.4, -0.2) is 35.5 Å². The summed E-state index contributed by atoms with van der Waals surface area (Å²) in [5.41, 5.74) is 0.174. The van der Waals surface area contributed by atoms with E-state index in [2.05, 4.69) is 15.6 Å². The van der Waals surface area contributed by atoms with Gasteiger partial charge < -0.3 is 15.4 Å². The fraction of sp³-hybridized carbons (Fsp3) is 0.381. The Morgan fingerprint density at radius 3 is 2.40 bits per heavy atom. The fourth-order valence-electron chi connectivity index (χ4n) is 3.20. The van der Waals surface area contributed by atoms with Crippen LogP contribution in [0.4, 0.5) is 17.2 Å². The molecule has 2 amide bonds. The highest BCUT2D eigenvalue weighted by molar-refractivity contribution is 6.30. The lowest BCUT2D eigenvalue weighted by Gasteiger charge is -2.41. The number of nitrogens with one attached hydrogen (secondary N) is 2. The molecule has 1 aromatic heterocycles. The summed E-state index contributed by atoms with van der Waals surface area (Å²) < 4.78 is 6.12. The number of likely N-dealkylation sites (N-methyl/N-ethyl adjacent to an activating group) is 1. The third-order valence-electron chi connectivity index (χ3n) is 5.27. The average molecular weight is 453 g/mol. The van der Waals surface area contributed by atoms with Crippen molar-refractivity contribution < 1.29 is 14.3 Å². The number of carbonyl (C=O) groups excluding carboxylic acids is 2. The Hall–Kier alpha value is -2.35. The Morgan fingerprint density at radius 1 is 1.20 bits per heavy atom. The van der Waals surface area contributed by atoms with Gasteiger partial charge in [0.2, 0.25) is 11.8 Å². The van der Waals surface area contributed by atoms with Gasteiger partial charge in [0.25, 0.3) is 5.91 Å². The Labute approximate surface area is 187 Å². The highest BCUT2D eigenvalue weighted by Crippen LogP contribution is 2.43. The number of halogens is 2. The number of carbonyl (C=O) groups is 2. The normalized spacial score (nSPS) is 15.5. The number of fused-ring (bicyclic) bond motifs is 1. The van der Waals surface area contributed by atoms with E-state index in [1.54, 1.807) is 55.3 Å². The molecule has 2 heterocycles. The molecule has 0 fully saturated rings.